The van der Waals surface area contributed by atoms with E-state index < -0.39 is 0 Å². The maximum Gasteiger partial charge on any atom is 0.0121 e. The summed E-state index contributed by atoms with van der Waals surface area (Å²) in [5.41, 5.74) is 0.742. The van der Waals surface area contributed by atoms with Gasteiger partial charge in [-0.2, -0.15) is 0 Å². The van der Waals surface area contributed by atoms with Crippen LogP contribution in [-0.2, 0) is 0 Å². The first-order valence-electron chi connectivity index (χ1n) is 9.99. The SMILES string of the molecule is CN1CCN(C2CCN(C3CC4(CCN(C)CC4)C3)CC2)CC1. The van der Waals surface area contributed by atoms with Crippen LogP contribution in [0.5, 0.6) is 0 Å². The van der Waals surface area contributed by atoms with Gasteiger partial charge in [-0.3, -0.25) is 4.90 Å². The average Bonchev–Trinajstić information content (AvgIpc) is 2.55. The fourth-order valence-corrected chi connectivity index (χ4v) is 5.50. The molecule has 3 aliphatic heterocycles. The van der Waals surface area contributed by atoms with Gasteiger partial charge in [0.25, 0.3) is 0 Å². The second-order valence-electron chi connectivity index (χ2n) is 8.97. The molecule has 1 spiro atoms. The standard InChI is InChI=1S/C19H36N4/c1-20-9-5-19(6-10-20)15-18(16-19)22-7-3-17(4-8-22)23-13-11-21(2)12-14-23/h17-18H,3-16H2,1-2H3. The Labute approximate surface area is 142 Å². The van der Waals surface area contributed by atoms with Crippen molar-refractivity contribution in [3.8, 4) is 0 Å². The highest BCUT2D eigenvalue weighted by Crippen LogP contribution is 2.51. The largest absolute Gasteiger partial charge is 0.306 e. The molecule has 23 heavy (non-hydrogen) atoms. The van der Waals surface area contributed by atoms with Gasteiger partial charge in [-0.05, 0) is 84.2 Å². The Bertz CT molecular complexity index is 380. The molecule has 4 fully saturated rings. The molecule has 132 valence electrons. The number of hydrogen-bond acceptors (Lipinski definition) is 4. The Balaban J connectivity index is 1.21. The summed E-state index contributed by atoms with van der Waals surface area (Å²) in [5, 5.41) is 0. The van der Waals surface area contributed by atoms with E-state index in [1.807, 2.05) is 0 Å². The van der Waals surface area contributed by atoms with Gasteiger partial charge in [0.05, 0.1) is 0 Å². The summed E-state index contributed by atoms with van der Waals surface area (Å²) < 4.78 is 0. The van der Waals surface area contributed by atoms with Gasteiger partial charge in [0, 0.05) is 38.3 Å². The van der Waals surface area contributed by atoms with Gasteiger partial charge >= 0.3 is 0 Å². The minimum absolute atomic E-state index is 0.742. The average molecular weight is 321 g/mol. The fourth-order valence-electron chi connectivity index (χ4n) is 5.50. The van der Waals surface area contributed by atoms with Crippen LogP contribution >= 0.6 is 0 Å². The van der Waals surface area contributed by atoms with Gasteiger partial charge in [0.2, 0.25) is 0 Å². The Kier molecular flexibility index (Phi) is 4.70. The smallest absolute Gasteiger partial charge is 0.0121 e. The lowest BCUT2D eigenvalue weighted by Crippen LogP contribution is -2.58. The monoisotopic (exact) mass is 320 g/mol. The van der Waals surface area contributed by atoms with Gasteiger partial charge in [-0.25, -0.2) is 0 Å². The lowest BCUT2D eigenvalue weighted by molar-refractivity contribution is -0.0531. The zero-order valence-electron chi connectivity index (χ0n) is 15.3. The first kappa shape index (κ1) is 16.3. The first-order valence-corrected chi connectivity index (χ1v) is 9.99. The Morgan fingerprint density at radius 2 is 1.13 bits per heavy atom. The molecule has 0 aromatic heterocycles. The third kappa shape index (κ3) is 3.46. The van der Waals surface area contributed by atoms with Crippen LogP contribution in [0, 0.1) is 5.41 Å². The van der Waals surface area contributed by atoms with Crippen LogP contribution in [0.2, 0.25) is 0 Å². The van der Waals surface area contributed by atoms with Crippen molar-refractivity contribution in [2.45, 2.75) is 50.6 Å². The zero-order valence-corrected chi connectivity index (χ0v) is 15.3. The van der Waals surface area contributed by atoms with Crippen LogP contribution in [0.1, 0.15) is 38.5 Å². The molecule has 0 radical (unpaired) electrons. The molecular formula is C19H36N4. The molecule has 0 N–H and O–H groups in total. The van der Waals surface area contributed by atoms with Gasteiger partial charge in [-0.15, -0.1) is 0 Å². The molecule has 4 rings (SSSR count). The number of likely N-dealkylation sites (tertiary alicyclic amines) is 2. The number of piperidine rings is 2. The third-order valence-corrected chi connectivity index (χ3v) is 7.45. The van der Waals surface area contributed by atoms with E-state index in [1.165, 1.54) is 90.9 Å². The molecule has 4 nitrogen and oxygen atoms in total. The lowest BCUT2D eigenvalue weighted by Gasteiger charge is -2.56. The number of nitrogens with zero attached hydrogens (tertiary/aromatic N) is 4. The van der Waals surface area contributed by atoms with E-state index in [0.717, 1.165) is 17.5 Å². The van der Waals surface area contributed by atoms with Crippen molar-refractivity contribution in [2.24, 2.45) is 5.41 Å². The normalized spacial score (nSPS) is 33.1. The van der Waals surface area contributed by atoms with Crippen molar-refractivity contribution in [1.82, 2.24) is 19.6 Å². The highest BCUT2D eigenvalue weighted by atomic mass is 15.3. The van der Waals surface area contributed by atoms with Crippen molar-refractivity contribution in [2.75, 3.05) is 66.5 Å². The zero-order chi connectivity index (χ0) is 15.9. The van der Waals surface area contributed by atoms with E-state index in [2.05, 4.69) is 33.7 Å². The number of piperazine rings is 1. The molecule has 1 aliphatic carbocycles. The van der Waals surface area contributed by atoms with Crippen molar-refractivity contribution >= 4 is 0 Å². The summed E-state index contributed by atoms with van der Waals surface area (Å²) in [7, 11) is 4.54. The second kappa shape index (κ2) is 6.62. The van der Waals surface area contributed by atoms with Crippen LogP contribution in [0.15, 0.2) is 0 Å². The minimum atomic E-state index is 0.742. The molecule has 0 bridgehead atoms. The molecule has 0 aromatic rings. The summed E-state index contributed by atoms with van der Waals surface area (Å²) in [6.45, 7) is 10.5. The van der Waals surface area contributed by atoms with E-state index in [0.29, 0.717) is 0 Å². The Morgan fingerprint density at radius 1 is 0.609 bits per heavy atom. The Hall–Kier alpha value is -0.160. The van der Waals surface area contributed by atoms with Crippen molar-refractivity contribution < 1.29 is 0 Å². The summed E-state index contributed by atoms with van der Waals surface area (Å²) in [4.78, 5) is 10.6. The summed E-state index contributed by atoms with van der Waals surface area (Å²) in [6, 6.07) is 1.80. The molecule has 0 amide bonds. The lowest BCUT2D eigenvalue weighted by atomic mass is 9.60. The van der Waals surface area contributed by atoms with E-state index in [9.17, 15) is 0 Å². The van der Waals surface area contributed by atoms with Crippen molar-refractivity contribution in [3.63, 3.8) is 0 Å². The first-order chi connectivity index (χ1) is 11.1. The fraction of sp³-hybridized carbons (Fsp3) is 1.00. The van der Waals surface area contributed by atoms with E-state index in [-0.39, 0.29) is 0 Å². The van der Waals surface area contributed by atoms with Gasteiger partial charge in [0.1, 0.15) is 0 Å². The minimum Gasteiger partial charge on any atom is -0.306 e. The molecule has 0 aromatic carbocycles. The molecule has 3 saturated heterocycles. The van der Waals surface area contributed by atoms with E-state index >= 15 is 0 Å². The van der Waals surface area contributed by atoms with Crippen LogP contribution in [0.4, 0.5) is 0 Å². The number of likely N-dealkylation sites (N-methyl/N-ethyl adjacent to an activating group) is 1. The quantitative estimate of drug-likeness (QED) is 0.766. The van der Waals surface area contributed by atoms with Gasteiger partial charge in [0.15, 0.2) is 0 Å². The number of rotatable bonds is 2. The topological polar surface area (TPSA) is 13.0 Å². The van der Waals surface area contributed by atoms with Crippen molar-refractivity contribution in [3.05, 3.63) is 0 Å². The van der Waals surface area contributed by atoms with Crippen LogP contribution in [-0.4, -0.2) is 98.1 Å². The van der Waals surface area contributed by atoms with E-state index in [1.54, 1.807) is 0 Å². The summed E-state index contributed by atoms with van der Waals surface area (Å²) >= 11 is 0. The Morgan fingerprint density at radius 3 is 1.74 bits per heavy atom. The maximum absolute atomic E-state index is 2.84. The molecule has 4 heteroatoms. The highest BCUT2D eigenvalue weighted by Gasteiger charge is 2.47. The maximum atomic E-state index is 2.84. The third-order valence-electron chi connectivity index (χ3n) is 7.45. The molecular weight excluding hydrogens is 284 g/mol. The molecule has 0 atom stereocenters. The molecule has 4 aliphatic rings. The van der Waals surface area contributed by atoms with Gasteiger partial charge < -0.3 is 14.7 Å². The molecule has 1 saturated carbocycles. The predicted molar refractivity (Wildman–Crippen MR) is 95.9 cm³/mol. The van der Waals surface area contributed by atoms with Crippen molar-refractivity contribution in [1.29, 1.82) is 0 Å². The second-order valence-corrected chi connectivity index (χ2v) is 8.97. The van der Waals surface area contributed by atoms with Crippen LogP contribution in [0.25, 0.3) is 0 Å². The predicted octanol–water partition coefficient (Wildman–Crippen LogP) is 1.57. The van der Waals surface area contributed by atoms with Gasteiger partial charge in [-0.1, -0.05) is 0 Å². The molecule has 0 unspecified atom stereocenters. The number of hydrogen-bond donors (Lipinski definition) is 0. The molecule has 3 heterocycles. The van der Waals surface area contributed by atoms with Crippen LogP contribution < -0.4 is 0 Å². The van der Waals surface area contributed by atoms with Crippen LogP contribution in [0.3, 0.4) is 0 Å². The summed E-state index contributed by atoms with van der Waals surface area (Å²) in [5.74, 6) is 0. The highest BCUT2D eigenvalue weighted by molar-refractivity contribution is 5.02. The summed E-state index contributed by atoms with van der Waals surface area (Å²) in [6.07, 6.45) is 8.74. The van der Waals surface area contributed by atoms with E-state index in [4.69, 9.17) is 0 Å².